The number of hydrogen-bond donors (Lipinski definition) is 2. The van der Waals surface area contributed by atoms with Crippen molar-refractivity contribution in [2.45, 2.75) is 26.3 Å². The maximum atomic E-state index is 12.1. The molecule has 1 heterocycles. The van der Waals surface area contributed by atoms with Crippen LogP contribution in [0.1, 0.15) is 30.6 Å². The largest absolute Gasteiger partial charge is 0.370 e. The average Bonchev–Trinajstić information content (AvgIpc) is 2.36. The zero-order valence-corrected chi connectivity index (χ0v) is 13.1. The number of hydrogen-bond acceptors (Lipinski definition) is 4. The first kappa shape index (κ1) is 16.1. The van der Waals surface area contributed by atoms with E-state index in [2.05, 4.69) is 21.9 Å². The van der Waals surface area contributed by atoms with E-state index in [9.17, 15) is 4.79 Å². The van der Waals surface area contributed by atoms with Gasteiger partial charge < -0.3 is 10.6 Å². The van der Waals surface area contributed by atoms with Crippen molar-refractivity contribution in [1.29, 1.82) is 0 Å². The number of rotatable bonds is 7. The molecule has 0 aromatic carbocycles. The lowest BCUT2D eigenvalue weighted by molar-refractivity contribution is 0.0939. The highest BCUT2D eigenvalue weighted by Gasteiger charge is 2.11. The summed E-state index contributed by atoms with van der Waals surface area (Å²) >= 11 is 7.69. The molecule has 1 aromatic rings. The molecule has 0 bridgehead atoms. The molecule has 1 rings (SSSR count). The van der Waals surface area contributed by atoms with E-state index in [1.165, 1.54) is 0 Å². The predicted molar refractivity (Wildman–Crippen MR) is 83.3 cm³/mol. The second-order valence-electron chi connectivity index (χ2n) is 4.25. The number of nitrogens with one attached hydrogen (secondary N) is 2. The molecule has 0 fully saturated rings. The third-order valence-corrected chi connectivity index (χ3v) is 3.38. The van der Waals surface area contributed by atoms with Gasteiger partial charge in [-0.3, -0.25) is 4.79 Å². The van der Waals surface area contributed by atoms with Gasteiger partial charge in [0.05, 0.1) is 0 Å². The van der Waals surface area contributed by atoms with E-state index in [1.807, 2.05) is 13.8 Å². The molecule has 0 radical (unpaired) electrons. The van der Waals surface area contributed by atoms with Gasteiger partial charge in [0.2, 0.25) is 0 Å². The molecular formula is C13H20ClN3OS. The number of carbonyl (C=O) groups excluding carboxylic acids is 1. The number of amides is 1. The van der Waals surface area contributed by atoms with Crippen molar-refractivity contribution in [3.8, 4) is 0 Å². The molecule has 0 spiro atoms. The molecule has 1 aromatic heterocycles. The Bertz CT molecular complexity index is 428. The van der Waals surface area contributed by atoms with E-state index in [1.54, 1.807) is 23.9 Å². The summed E-state index contributed by atoms with van der Waals surface area (Å²) in [4.78, 5) is 16.2. The van der Waals surface area contributed by atoms with Crippen molar-refractivity contribution < 1.29 is 4.79 Å². The normalized spacial score (nSPS) is 12.0. The number of pyridine rings is 1. The van der Waals surface area contributed by atoms with Crippen LogP contribution < -0.4 is 10.6 Å². The smallest absolute Gasteiger partial charge is 0.251 e. The van der Waals surface area contributed by atoms with Crippen LogP contribution in [0.5, 0.6) is 0 Å². The van der Waals surface area contributed by atoms with Crippen LogP contribution in [-0.2, 0) is 0 Å². The van der Waals surface area contributed by atoms with Crippen LogP contribution >= 0.6 is 23.4 Å². The van der Waals surface area contributed by atoms with Gasteiger partial charge in [0, 0.05) is 18.2 Å². The van der Waals surface area contributed by atoms with Crippen molar-refractivity contribution in [2.75, 3.05) is 23.9 Å². The SMILES string of the molecule is CCNc1cc(C(=O)NC(C)CCSC)cc(Cl)n1. The topological polar surface area (TPSA) is 54.0 Å². The van der Waals surface area contributed by atoms with Crippen LogP contribution in [0, 0.1) is 0 Å². The highest BCUT2D eigenvalue weighted by atomic mass is 35.5. The Balaban J connectivity index is 2.70. The summed E-state index contributed by atoms with van der Waals surface area (Å²) in [6.45, 7) is 4.70. The van der Waals surface area contributed by atoms with Crippen molar-refractivity contribution in [1.82, 2.24) is 10.3 Å². The molecule has 0 saturated heterocycles. The minimum Gasteiger partial charge on any atom is -0.370 e. The molecule has 6 heteroatoms. The summed E-state index contributed by atoms with van der Waals surface area (Å²) < 4.78 is 0. The van der Waals surface area contributed by atoms with Crippen LogP contribution in [0.25, 0.3) is 0 Å². The monoisotopic (exact) mass is 301 g/mol. The lowest BCUT2D eigenvalue weighted by atomic mass is 10.2. The Morgan fingerprint density at radius 1 is 1.53 bits per heavy atom. The van der Waals surface area contributed by atoms with Crippen LogP contribution in [0.4, 0.5) is 5.82 Å². The van der Waals surface area contributed by atoms with E-state index in [4.69, 9.17) is 11.6 Å². The van der Waals surface area contributed by atoms with Gasteiger partial charge in [-0.15, -0.1) is 0 Å². The van der Waals surface area contributed by atoms with Crippen LogP contribution in [0.3, 0.4) is 0 Å². The summed E-state index contributed by atoms with van der Waals surface area (Å²) in [7, 11) is 0. The average molecular weight is 302 g/mol. The first-order valence-corrected chi connectivity index (χ1v) is 8.05. The zero-order chi connectivity index (χ0) is 14.3. The molecule has 1 amide bonds. The van der Waals surface area contributed by atoms with Gasteiger partial charge in [0.1, 0.15) is 11.0 Å². The summed E-state index contributed by atoms with van der Waals surface area (Å²) in [5.41, 5.74) is 0.534. The summed E-state index contributed by atoms with van der Waals surface area (Å²) in [6, 6.07) is 3.44. The van der Waals surface area contributed by atoms with Gasteiger partial charge >= 0.3 is 0 Å². The van der Waals surface area contributed by atoms with Gasteiger partial charge in [-0.1, -0.05) is 11.6 Å². The van der Waals surface area contributed by atoms with Crippen LogP contribution in [0.15, 0.2) is 12.1 Å². The number of carbonyl (C=O) groups is 1. The molecule has 0 saturated carbocycles. The lowest BCUT2D eigenvalue weighted by Gasteiger charge is -2.14. The molecule has 0 aliphatic carbocycles. The molecule has 106 valence electrons. The molecule has 1 unspecified atom stereocenters. The molecule has 0 aliphatic rings. The first-order chi connectivity index (χ1) is 9.06. The second-order valence-corrected chi connectivity index (χ2v) is 5.62. The van der Waals surface area contributed by atoms with E-state index >= 15 is 0 Å². The van der Waals surface area contributed by atoms with Crippen molar-refractivity contribution >= 4 is 35.1 Å². The quantitative estimate of drug-likeness (QED) is 0.760. The minimum absolute atomic E-state index is 0.114. The number of aromatic nitrogens is 1. The van der Waals surface area contributed by atoms with E-state index in [0.717, 1.165) is 18.7 Å². The Morgan fingerprint density at radius 3 is 2.89 bits per heavy atom. The number of thioether (sulfide) groups is 1. The summed E-state index contributed by atoms with van der Waals surface area (Å²) in [5.74, 6) is 1.54. The predicted octanol–water partition coefficient (Wildman–Crippen LogP) is 3.04. The summed E-state index contributed by atoms with van der Waals surface area (Å²) in [6.07, 6.45) is 3.01. The minimum atomic E-state index is -0.114. The second kappa shape index (κ2) is 8.27. The summed E-state index contributed by atoms with van der Waals surface area (Å²) in [5, 5.41) is 6.33. The first-order valence-electron chi connectivity index (χ1n) is 6.28. The van der Waals surface area contributed by atoms with Gasteiger partial charge in [0.15, 0.2) is 0 Å². The van der Waals surface area contributed by atoms with Gasteiger partial charge in [-0.2, -0.15) is 11.8 Å². The Kier molecular flexibility index (Phi) is 7.02. The number of halogens is 1. The maximum absolute atomic E-state index is 12.1. The lowest BCUT2D eigenvalue weighted by Crippen LogP contribution is -2.33. The third-order valence-electron chi connectivity index (χ3n) is 2.55. The third kappa shape index (κ3) is 5.70. The van der Waals surface area contributed by atoms with E-state index in [0.29, 0.717) is 16.5 Å². The fourth-order valence-electron chi connectivity index (χ4n) is 1.57. The Hall–Kier alpha value is -0.940. The van der Waals surface area contributed by atoms with Gasteiger partial charge in [-0.25, -0.2) is 4.98 Å². The Labute approximate surface area is 123 Å². The van der Waals surface area contributed by atoms with Crippen molar-refractivity contribution in [3.05, 3.63) is 22.8 Å². The van der Waals surface area contributed by atoms with E-state index in [-0.39, 0.29) is 11.9 Å². The van der Waals surface area contributed by atoms with E-state index < -0.39 is 0 Å². The molecule has 0 aliphatic heterocycles. The number of nitrogens with zero attached hydrogens (tertiary/aromatic N) is 1. The Morgan fingerprint density at radius 2 is 2.26 bits per heavy atom. The highest BCUT2D eigenvalue weighted by molar-refractivity contribution is 7.98. The fraction of sp³-hybridized carbons (Fsp3) is 0.538. The molecule has 4 nitrogen and oxygen atoms in total. The number of anilines is 1. The van der Waals surface area contributed by atoms with Crippen molar-refractivity contribution in [2.24, 2.45) is 0 Å². The van der Waals surface area contributed by atoms with Gasteiger partial charge in [-0.05, 0) is 44.4 Å². The van der Waals surface area contributed by atoms with Crippen LogP contribution in [0.2, 0.25) is 5.15 Å². The molecule has 2 N–H and O–H groups in total. The van der Waals surface area contributed by atoms with Crippen LogP contribution in [-0.4, -0.2) is 35.5 Å². The highest BCUT2D eigenvalue weighted by Crippen LogP contribution is 2.14. The van der Waals surface area contributed by atoms with Gasteiger partial charge in [0.25, 0.3) is 5.91 Å². The zero-order valence-electron chi connectivity index (χ0n) is 11.5. The molecular weight excluding hydrogens is 282 g/mol. The maximum Gasteiger partial charge on any atom is 0.251 e. The standard InChI is InChI=1S/C13H20ClN3OS/c1-4-15-12-8-10(7-11(14)17-12)13(18)16-9(2)5-6-19-3/h7-9H,4-6H2,1-3H3,(H,15,17)(H,16,18). The molecule has 19 heavy (non-hydrogen) atoms. The molecule has 1 atom stereocenters. The van der Waals surface area contributed by atoms with Crippen molar-refractivity contribution in [3.63, 3.8) is 0 Å². The fourth-order valence-corrected chi connectivity index (χ4v) is 2.37.